The number of carboxylic acid groups (broad SMARTS) is 2. The van der Waals surface area contributed by atoms with Crippen LogP contribution in [-0.4, -0.2) is 163 Å². The minimum Gasteiger partial charge on any atom is -0.480 e. The molecule has 12 atom stereocenters. The first kappa shape index (κ1) is 37.1. The summed E-state index contributed by atoms with van der Waals surface area (Å²) in [6.45, 7) is 0.509. The number of aliphatic hydroxyl groups is 6. The van der Waals surface area contributed by atoms with Gasteiger partial charge in [-0.1, -0.05) is 0 Å². The van der Waals surface area contributed by atoms with E-state index in [1.807, 2.05) is 0 Å². The predicted molar refractivity (Wildman–Crippen MR) is 138 cm³/mol. The summed E-state index contributed by atoms with van der Waals surface area (Å²) >= 11 is 0. The van der Waals surface area contributed by atoms with Crippen molar-refractivity contribution < 1.29 is 83.8 Å². The number of ether oxygens (including phenoxy) is 4. The molecule has 2 rings (SSSR count). The van der Waals surface area contributed by atoms with Crippen LogP contribution in [0.4, 0.5) is 0 Å². The Morgan fingerprint density at radius 3 is 2.02 bits per heavy atom. The largest absolute Gasteiger partial charge is 0.480 e. The number of aliphatic carboxylic acids is 2. The van der Waals surface area contributed by atoms with Gasteiger partial charge in [0.2, 0.25) is 17.7 Å². The zero-order chi connectivity index (χ0) is 33.5. The van der Waals surface area contributed by atoms with Gasteiger partial charge in [0.1, 0.15) is 42.7 Å². The first-order valence-corrected chi connectivity index (χ1v) is 13.3. The molecule has 0 aliphatic carbocycles. The molecule has 44 heavy (non-hydrogen) atoms. The second kappa shape index (κ2) is 15.8. The molecule has 0 aromatic carbocycles. The summed E-state index contributed by atoms with van der Waals surface area (Å²) in [6, 6.07) is -4.54. The Hall–Kier alpha value is -3.05. The second-order valence-corrected chi connectivity index (χ2v) is 10.4. The number of hydrogen-bond acceptors (Lipinski definition) is 15. The second-order valence-electron chi connectivity index (χ2n) is 10.4. The van der Waals surface area contributed by atoms with Gasteiger partial charge >= 0.3 is 11.9 Å². The molecule has 2 aliphatic heterocycles. The maximum Gasteiger partial charge on any atom is 0.364 e. The van der Waals surface area contributed by atoms with Crippen molar-refractivity contribution >= 4 is 29.7 Å². The van der Waals surface area contributed by atoms with E-state index in [1.165, 1.54) is 0 Å². The summed E-state index contributed by atoms with van der Waals surface area (Å²) in [6.07, 6.45) is -15.5. The lowest BCUT2D eigenvalue weighted by Gasteiger charge is -2.47. The van der Waals surface area contributed by atoms with E-state index in [-0.39, 0.29) is 0 Å². The first-order valence-electron chi connectivity index (χ1n) is 13.3. The summed E-state index contributed by atoms with van der Waals surface area (Å²) in [5.74, 6) is -8.30. The molecular weight excluding hydrogens is 602 g/mol. The van der Waals surface area contributed by atoms with Crippen LogP contribution in [0, 0.1) is 0 Å². The molecule has 0 spiro atoms. The standard InChI is InChI=1S/C24H39N3O17/c1-8(29)25-11(21(37)38)6-41-22-16(27-10(3)31)19(36)18(35)14(43-22)7-42-24(23(39)40)4-12(32)15(26-9(2)30)20(44-24)17(34)13(33)5-28/h11-20,22,28,32-36H,4-7H2,1-3H3,(H,25,29)(H,26,30)(H,27,31)(H,37,38)(H,39,40)/t11?,12?,13?,14?,15?,16?,17?,18?,19?,20?,22?,24-/m1/s1. The van der Waals surface area contributed by atoms with Crippen LogP contribution in [0.2, 0.25) is 0 Å². The van der Waals surface area contributed by atoms with Gasteiger partial charge in [0.15, 0.2) is 12.3 Å². The lowest BCUT2D eigenvalue weighted by Crippen LogP contribution is -2.69. The van der Waals surface area contributed by atoms with Crippen molar-refractivity contribution in [2.75, 3.05) is 19.8 Å². The Bertz CT molecular complexity index is 1050. The number of aliphatic hydroxyl groups excluding tert-OH is 6. The number of nitrogens with one attached hydrogen (secondary N) is 3. The third-order valence-corrected chi connectivity index (χ3v) is 6.84. The van der Waals surface area contributed by atoms with Crippen LogP contribution in [0.1, 0.15) is 27.2 Å². The third kappa shape index (κ3) is 9.23. The Balaban J connectivity index is 2.33. The van der Waals surface area contributed by atoms with Crippen molar-refractivity contribution in [3.8, 4) is 0 Å². The summed E-state index contributed by atoms with van der Waals surface area (Å²) in [5.41, 5.74) is 0. The average molecular weight is 642 g/mol. The van der Waals surface area contributed by atoms with Crippen molar-refractivity contribution in [2.45, 2.75) is 100 Å². The fourth-order valence-electron chi connectivity index (χ4n) is 4.70. The summed E-state index contributed by atoms with van der Waals surface area (Å²) in [7, 11) is 0. The molecule has 0 saturated carbocycles. The lowest BCUT2D eigenvalue weighted by molar-refractivity contribution is -0.330. The zero-order valence-electron chi connectivity index (χ0n) is 23.9. The maximum absolute atomic E-state index is 12.4. The fraction of sp³-hybridized carbons (Fsp3) is 0.792. The van der Waals surface area contributed by atoms with Gasteiger partial charge in [-0.15, -0.1) is 0 Å². The highest BCUT2D eigenvalue weighted by atomic mass is 16.7. The quantitative estimate of drug-likeness (QED) is 0.0840. The highest BCUT2D eigenvalue weighted by Gasteiger charge is 2.57. The molecule has 2 saturated heterocycles. The van der Waals surface area contributed by atoms with E-state index in [0.29, 0.717) is 0 Å². The first-order chi connectivity index (χ1) is 20.4. The molecule has 11 N–H and O–H groups in total. The molecule has 11 unspecified atom stereocenters. The SMILES string of the molecule is CC(=O)NC(COC1OC(CO[C@]2(C(=O)O)CC(O)C(NC(C)=O)C(C(O)C(O)CO)O2)C(O)C(O)C1NC(C)=O)C(=O)O. The molecule has 2 fully saturated rings. The number of carbonyl (C=O) groups is 5. The number of amides is 3. The van der Waals surface area contributed by atoms with Gasteiger partial charge < -0.3 is 75.8 Å². The van der Waals surface area contributed by atoms with Gasteiger partial charge in [0, 0.05) is 27.2 Å². The van der Waals surface area contributed by atoms with E-state index in [4.69, 9.17) is 18.9 Å². The van der Waals surface area contributed by atoms with E-state index >= 15 is 0 Å². The van der Waals surface area contributed by atoms with Crippen LogP contribution in [0.15, 0.2) is 0 Å². The Labute approximate surface area is 249 Å². The monoisotopic (exact) mass is 641 g/mol. The molecule has 2 heterocycles. The topological polar surface area (TPSA) is 320 Å². The Morgan fingerprint density at radius 2 is 1.52 bits per heavy atom. The van der Waals surface area contributed by atoms with E-state index in [2.05, 4.69) is 16.0 Å². The van der Waals surface area contributed by atoms with Gasteiger partial charge in [-0.2, -0.15) is 0 Å². The molecule has 252 valence electrons. The van der Waals surface area contributed by atoms with E-state index in [0.717, 1.165) is 20.8 Å². The zero-order valence-corrected chi connectivity index (χ0v) is 23.9. The Morgan fingerprint density at radius 1 is 0.932 bits per heavy atom. The lowest BCUT2D eigenvalue weighted by atomic mass is 9.88. The molecular formula is C24H39N3O17. The summed E-state index contributed by atoms with van der Waals surface area (Å²) < 4.78 is 22.0. The van der Waals surface area contributed by atoms with E-state index in [9.17, 15) is 64.8 Å². The summed E-state index contributed by atoms with van der Waals surface area (Å²) in [5, 5.41) is 88.0. The predicted octanol–water partition coefficient (Wildman–Crippen LogP) is -6.29. The van der Waals surface area contributed by atoms with E-state index < -0.39 is 129 Å². The number of hydrogen-bond donors (Lipinski definition) is 11. The molecule has 0 radical (unpaired) electrons. The van der Waals surface area contributed by atoms with Crippen molar-refractivity contribution in [3.05, 3.63) is 0 Å². The van der Waals surface area contributed by atoms with Gasteiger partial charge in [-0.05, 0) is 0 Å². The van der Waals surface area contributed by atoms with Gasteiger partial charge in [-0.25, -0.2) is 9.59 Å². The van der Waals surface area contributed by atoms with Gasteiger partial charge in [-0.3, -0.25) is 14.4 Å². The molecule has 0 aromatic rings. The number of rotatable bonds is 14. The van der Waals surface area contributed by atoms with Crippen LogP contribution < -0.4 is 16.0 Å². The third-order valence-electron chi connectivity index (χ3n) is 6.84. The highest BCUT2D eigenvalue weighted by molar-refractivity contribution is 5.82. The normalized spacial score (nSPS) is 34.2. The van der Waals surface area contributed by atoms with Crippen molar-refractivity contribution in [3.63, 3.8) is 0 Å². The maximum atomic E-state index is 12.4. The minimum atomic E-state index is -2.81. The minimum absolute atomic E-state index is 0.706. The molecule has 3 amide bonds. The number of carboxylic acids is 2. The van der Waals surface area contributed by atoms with Crippen LogP contribution in [-0.2, 0) is 42.9 Å². The van der Waals surface area contributed by atoms with E-state index in [1.54, 1.807) is 0 Å². The van der Waals surface area contributed by atoms with Crippen molar-refractivity contribution in [2.24, 2.45) is 0 Å². The molecule has 20 heteroatoms. The van der Waals surface area contributed by atoms with Crippen LogP contribution in [0.25, 0.3) is 0 Å². The van der Waals surface area contributed by atoms with Crippen molar-refractivity contribution in [1.82, 2.24) is 16.0 Å². The molecule has 20 nitrogen and oxygen atoms in total. The van der Waals surface area contributed by atoms with Crippen LogP contribution in [0.3, 0.4) is 0 Å². The molecule has 0 bridgehead atoms. The molecule has 2 aliphatic rings. The smallest absolute Gasteiger partial charge is 0.364 e. The van der Waals surface area contributed by atoms with Crippen molar-refractivity contribution in [1.29, 1.82) is 0 Å². The fourth-order valence-corrected chi connectivity index (χ4v) is 4.70. The molecule has 0 aromatic heterocycles. The summed E-state index contributed by atoms with van der Waals surface area (Å²) in [4.78, 5) is 58.7. The van der Waals surface area contributed by atoms with Gasteiger partial charge in [0.25, 0.3) is 5.79 Å². The van der Waals surface area contributed by atoms with Crippen LogP contribution >= 0.6 is 0 Å². The highest BCUT2D eigenvalue weighted by Crippen LogP contribution is 2.34. The number of carbonyl (C=O) groups excluding carboxylic acids is 3. The van der Waals surface area contributed by atoms with Gasteiger partial charge in [0.05, 0.1) is 32.0 Å². The van der Waals surface area contributed by atoms with Crippen LogP contribution in [0.5, 0.6) is 0 Å². The average Bonchev–Trinajstić information content (AvgIpc) is 2.93. The Kier molecular flexibility index (Phi) is 13.3.